The Balaban J connectivity index is 2.48. The van der Waals surface area contributed by atoms with Crippen LogP contribution in [-0.2, 0) is 0 Å². The zero-order valence-corrected chi connectivity index (χ0v) is 8.84. The highest BCUT2D eigenvalue weighted by Crippen LogP contribution is 2.22. The molecule has 1 aliphatic heterocycles. The quantitative estimate of drug-likeness (QED) is 0.697. The molecule has 0 spiro atoms. The number of urea groups is 1. The number of amides is 2. The SMILES string of the molecule is CNC(=O)N1CCCC1CC(C)C. The second kappa shape index (κ2) is 4.49. The molecule has 1 N–H and O–H groups in total. The number of carbonyl (C=O) groups excluding carboxylic acids is 1. The summed E-state index contributed by atoms with van der Waals surface area (Å²) in [5.74, 6) is 0.676. The van der Waals surface area contributed by atoms with Crippen molar-refractivity contribution in [2.45, 2.75) is 39.2 Å². The number of hydrogen-bond donors (Lipinski definition) is 1. The molecule has 0 aromatic heterocycles. The lowest BCUT2D eigenvalue weighted by molar-refractivity contribution is 0.188. The number of likely N-dealkylation sites (tertiary alicyclic amines) is 1. The van der Waals surface area contributed by atoms with E-state index in [9.17, 15) is 4.79 Å². The van der Waals surface area contributed by atoms with Crippen LogP contribution in [-0.4, -0.2) is 30.6 Å². The fourth-order valence-electron chi connectivity index (χ4n) is 2.04. The van der Waals surface area contributed by atoms with E-state index in [2.05, 4.69) is 19.2 Å². The molecule has 0 aromatic carbocycles. The van der Waals surface area contributed by atoms with E-state index in [1.807, 2.05) is 4.90 Å². The molecule has 3 heteroatoms. The molecule has 1 heterocycles. The third-order valence-electron chi connectivity index (χ3n) is 2.60. The molecule has 0 bridgehead atoms. The van der Waals surface area contributed by atoms with Crippen LogP contribution in [0.25, 0.3) is 0 Å². The molecule has 0 saturated carbocycles. The zero-order valence-electron chi connectivity index (χ0n) is 8.84. The van der Waals surface area contributed by atoms with Gasteiger partial charge in [-0.05, 0) is 25.2 Å². The molecule has 0 aromatic rings. The van der Waals surface area contributed by atoms with Crippen LogP contribution in [0.5, 0.6) is 0 Å². The summed E-state index contributed by atoms with van der Waals surface area (Å²) in [5.41, 5.74) is 0. The summed E-state index contributed by atoms with van der Waals surface area (Å²) in [6.07, 6.45) is 3.46. The molecule has 1 unspecified atom stereocenters. The Kier molecular flexibility index (Phi) is 3.58. The van der Waals surface area contributed by atoms with Crippen molar-refractivity contribution in [3.8, 4) is 0 Å². The molecule has 2 amide bonds. The monoisotopic (exact) mass is 184 g/mol. The predicted molar refractivity (Wildman–Crippen MR) is 53.6 cm³/mol. The molecule has 1 saturated heterocycles. The fourth-order valence-corrected chi connectivity index (χ4v) is 2.04. The van der Waals surface area contributed by atoms with Gasteiger partial charge in [0.15, 0.2) is 0 Å². The van der Waals surface area contributed by atoms with E-state index in [0.717, 1.165) is 19.4 Å². The van der Waals surface area contributed by atoms with Crippen LogP contribution in [0.4, 0.5) is 4.79 Å². The number of nitrogens with one attached hydrogen (secondary N) is 1. The van der Waals surface area contributed by atoms with Gasteiger partial charge in [0.05, 0.1) is 0 Å². The van der Waals surface area contributed by atoms with Crippen molar-refractivity contribution in [1.29, 1.82) is 0 Å². The Morgan fingerprint density at radius 1 is 1.62 bits per heavy atom. The maximum atomic E-state index is 11.4. The first-order valence-electron chi connectivity index (χ1n) is 5.13. The van der Waals surface area contributed by atoms with Gasteiger partial charge in [0.1, 0.15) is 0 Å². The number of rotatable bonds is 2. The van der Waals surface area contributed by atoms with Crippen LogP contribution in [0.3, 0.4) is 0 Å². The van der Waals surface area contributed by atoms with E-state index in [1.54, 1.807) is 7.05 Å². The molecular formula is C10H20N2O. The van der Waals surface area contributed by atoms with Gasteiger partial charge in [0, 0.05) is 19.6 Å². The van der Waals surface area contributed by atoms with E-state index in [-0.39, 0.29) is 6.03 Å². The molecule has 0 aliphatic carbocycles. The van der Waals surface area contributed by atoms with Gasteiger partial charge in [-0.25, -0.2) is 4.79 Å². The molecule has 13 heavy (non-hydrogen) atoms. The molecule has 1 aliphatic rings. The van der Waals surface area contributed by atoms with Gasteiger partial charge in [-0.2, -0.15) is 0 Å². The highest BCUT2D eigenvalue weighted by atomic mass is 16.2. The molecule has 76 valence electrons. The van der Waals surface area contributed by atoms with Crippen molar-refractivity contribution >= 4 is 6.03 Å². The van der Waals surface area contributed by atoms with Crippen molar-refractivity contribution in [3.63, 3.8) is 0 Å². The van der Waals surface area contributed by atoms with E-state index < -0.39 is 0 Å². The van der Waals surface area contributed by atoms with Crippen LogP contribution >= 0.6 is 0 Å². The lowest BCUT2D eigenvalue weighted by atomic mass is 10.0. The van der Waals surface area contributed by atoms with Gasteiger partial charge in [-0.1, -0.05) is 13.8 Å². The van der Waals surface area contributed by atoms with E-state index >= 15 is 0 Å². The standard InChI is InChI=1S/C10H20N2O/c1-8(2)7-9-5-4-6-12(9)10(13)11-3/h8-9H,4-7H2,1-3H3,(H,11,13). The zero-order chi connectivity index (χ0) is 9.84. The van der Waals surface area contributed by atoms with E-state index in [4.69, 9.17) is 0 Å². The van der Waals surface area contributed by atoms with Crippen molar-refractivity contribution in [1.82, 2.24) is 10.2 Å². The molecule has 1 rings (SSSR count). The Labute approximate surface area is 80.5 Å². The highest BCUT2D eigenvalue weighted by molar-refractivity contribution is 5.74. The average molecular weight is 184 g/mol. The first-order valence-corrected chi connectivity index (χ1v) is 5.13. The summed E-state index contributed by atoms with van der Waals surface area (Å²) in [6.45, 7) is 5.35. The topological polar surface area (TPSA) is 32.3 Å². The lowest BCUT2D eigenvalue weighted by Crippen LogP contribution is -2.41. The Bertz CT molecular complexity index is 180. The molecule has 1 atom stereocenters. The Morgan fingerprint density at radius 2 is 2.31 bits per heavy atom. The maximum Gasteiger partial charge on any atom is 0.317 e. The summed E-state index contributed by atoms with van der Waals surface area (Å²) in [4.78, 5) is 13.4. The van der Waals surface area contributed by atoms with Crippen LogP contribution in [0.2, 0.25) is 0 Å². The van der Waals surface area contributed by atoms with Crippen LogP contribution in [0, 0.1) is 5.92 Å². The van der Waals surface area contributed by atoms with Gasteiger partial charge >= 0.3 is 6.03 Å². The third kappa shape index (κ3) is 2.61. The normalized spacial score (nSPS) is 22.5. The van der Waals surface area contributed by atoms with Crippen molar-refractivity contribution in [2.24, 2.45) is 5.92 Å². The highest BCUT2D eigenvalue weighted by Gasteiger charge is 2.28. The fraction of sp³-hybridized carbons (Fsp3) is 0.900. The number of nitrogens with zero attached hydrogens (tertiary/aromatic N) is 1. The smallest absolute Gasteiger partial charge is 0.317 e. The van der Waals surface area contributed by atoms with Crippen molar-refractivity contribution in [2.75, 3.05) is 13.6 Å². The van der Waals surface area contributed by atoms with E-state index in [1.165, 1.54) is 6.42 Å². The van der Waals surface area contributed by atoms with Crippen LogP contribution in [0.15, 0.2) is 0 Å². The minimum absolute atomic E-state index is 0.0863. The second-order valence-corrected chi connectivity index (χ2v) is 4.17. The van der Waals surface area contributed by atoms with Crippen LogP contribution < -0.4 is 5.32 Å². The third-order valence-corrected chi connectivity index (χ3v) is 2.60. The summed E-state index contributed by atoms with van der Waals surface area (Å²) in [7, 11) is 1.70. The number of hydrogen-bond acceptors (Lipinski definition) is 1. The lowest BCUT2D eigenvalue weighted by Gasteiger charge is -2.25. The minimum Gasteiger partial charge on any atom is -0.341 e. The van der Waals surface area contributed by atoms with Crippen molar-refractivity contribution < 1.29 is 4.79 Å². The molecule has 1 fully saturated rings. The summed E-state index contributed by atoms with van der Waals surface area (Å²) < 4.78 is 0. The molecular weight excluding hydrogens is 164 g/mol. The summed E-state index contributed by atoms with van der Waals surface area (Å²) >= 11 is 0. The van der Waals surface area contributed by atoms with Gasteiger partial charge in [-0.15, -0.1) is 0 Å². The molecule has 0 radical (unpaired) electrons. The van der Waals surface area contributed by atoms with Crippen molar-refractivity contribution in [3.05, 3.63) is 0 Å². The Morgan fingerprint density at radius 3 is 2.85 bits per heavy atom. The van der Waals surface area contributed by atoms with Gasteiger partial charge in [-0.3, -0.25) is 0 Å². The van der Waals surface area contributed by atoms with Gasteiger partial charge in [0.25, 0.3) is 0 Å². The second-order valence-electron chi connectivity index (χ2n) is 4.17. The predicted octanol–water partition coefficient (Wildman–Crippen LogP) is 1.84. The first kappa shape index (κ1) is 10.4. The maximum absolute atomic E-state index is 11.4. The largest absolute Gasteiger partial charge is 0.341 e. The summed E-state index contributed by atoms with van der Waals surface area (Å²) in [5, 5.41) is 2.70. The average Bonchev–Trinajstić information content (AvgIpc) is 2.50. The summed E-state index contributed by atoms with van der Waals surface area (Å²) in [6, 6.07) is 0.558. The van der Waals surface area contributed by atoms with Crippen LogP contribution in [0.1, 0.15) is 33.1 Å². The van der Waals surface area contributed by atoms with Gasteiger partial charge in [0.2, 0.25) is 0 Å². The first-order chi connectivity index (χ1) is 6.15. The molecule has 3 nitrogen and oxygen atoms in total. The number of carbonyl (C=O) groups is 1. The van der Waals surface area contributed by atoms with Gasteiger partial charge < -0.3 is 10.2 Å². The Hall–Kier alpha value is -0.730. The minimum atomic E-state index is 0.0863. The van der Waals surface area contributed by atoms with E-state index in [0.29, 0.717) is 12.0 Å².